The topological polar surface area (TPSA) is 0 Å². The van der Waals surface area contributed by atoms with E-state index in [2.05, 4.69) is 192 Å². The molecule has 0 atom stereocenters. The molecule has 651 valence electrons. The maximum absolute atomic E-state index is 3.29. The van der Waals surface area contributed by atoms with E-state index in [1.807, 2.05) is 253 Å². The summed E-state index contributed by atoms with van der Waals surface area (Å²) in [5.74, 6) is 0. The molecule has 0 heterocycles. The van der Waals surface area contributed by atoms with Gasteiger partial charge in [0, 0.05) is 2060 Å². The maximum atomic E-state index is 3.29. The number of hydrogen-bond donors (Lipinski definition) is 0. The zero-order chi connectivity index (χ0) is 65.8. The minimum absolute atomic E-state index is 0. The average Bonchev–Trinajstić information content (AvgIpc) is 0.847. The van der Waals surface area contributed by atoms with Crippen LogP contribution in [0.15, 0.2) is 243 Å². The number of hydrogen-bond acceptors (Lipinski definition) is 0. The van der Waals surface area contributed by atoms with Crippen molar-refractivity contribution in [1.82, 2.24) is 0 Å². The zero-order valence-electron chi connectivity index (χ0n) is 94.5. The quantitative estimate of drug-likeness (QED) is 0.155. The molecule has 0 aliphatic rings. The van der Waals surface area contributed by atoms with E-state index in [-0.39, 0.29) is 2060 Å². The minimum Gasteiger partial charge on any atom is -0.226 e. The summed E-state index contributed by atoms with van der Waals surface area (Å²) in [5.41, 5.74) is 14.3. The molecule has 0 unspecified atom stereocenters. The number of fused-ring (bicyclic) bond motifs is 2. The minimum atomic E-state index is 0. The molecule has 63 heteroatoms. The van der Waals surface area contributed by atoms with Crippen molar-refractivity contribution in [2.45, 2.75) is 166 Å². The van der Waals surface area contributed by atoms with Gasteiger partial charge in [-0.1, -0.05) is 272 Å². The molecule has 11 rings (SSSR count). The van der Waals surface area contributed by atoms with E-state index in [0.29, 0.717) is 0 Å². The Balaban J connectivity index is -0.00000000748. The summed E-state index contributed by atoms with van der Waals surface area (Å²) in [5, 5.41) is 5.33. The standard InChI is InChI=1S/3C13H10.2C11H10.C7H8.9C2H6.63Y/c2*1-11-6-5-9-13(10-11)12-7-3-2-4-8-12;1-11-7-9-13(10-8-11)12-5-3-2-4-6-12;1-9-5-4-7-10-6-2-3-8-11(9)10;1-9-6-7-10-4-2-3-5-11(10)8-9;1-7-5-3-2-4-6-7;9*1-2;;;;;;;;;;;;;;;;;;;;;;;;;;;;;;;;;;;;;;;;;;;;;;;;;;;;;;;;;;;;;;;/h2-7,10H,1H3;2-7,9H,1H3;2-5,7-9H,1H3;2*2-8H,1H3;2-6H,1H3;9*1-2H3;;;;;;;;;;;;;;;;;;;;;;;;;;;;;;;;;;;;;;;;;;;;;;;;;;;;;;;;;;;;;;;/q3*-2;;;;;;;;;;;;;;;;;;;;;;;;;;;;;;;;;;;;;;;;;;;;;;;;;;;;;;;;;;;;;;;;;;;;;;;;;;;. The molecule has 0 saturated carbocycles. The molecule has 11 aromatic carbocycles. The summed E-state index contributed by atoms with van der Waals surface area (Å²) in [6.45, 7) is 48.5. The predicted octanol–water partition coefficient (Wildman–Crippen LogP) is 27.2. The van der Waals surface area contributed by atoms with Gasteiger partial charge in [0.25, 0.3) is 0 Å². The number of aryl methyl sites for hydroxylation is 6. The number of rotatable bonds is 3. The Morgan fingerprint density at radius 1 is 0.134 bits per heavy atom. The van der Waals surface area contributed by atoms with Gasteiger partial charge in [-0.15, -0.1) is 47.0 Å². The van der Waals surface area contributed by atoms with Crippen molar-refractivity contribution >= 4 is 21.5 Å². The Labute approximate surface area is 2510 Å². The van der Waals surface area contributed by atoms with Gasteiger partial charge in [-0.3, -0.25) is 0 Å². The van der Waals surface area contributed by atoms with E-state index >= 15 is 0 Å². The van der Waals surface area contributed by atoms with Crippen molar-refractivity contribution in [2.75, 3.05) is 0 Å². The Kier molecular flexibility index (Phi) is 1130. The van der Waals surface area contributed by atoms with Crippen LogP contribution in [0.4, 0.5) is 0 Å². The Morgan fingerprint density at radius 2 is 0.362 bits per heavy atom. The molecule has 0 fully saturated rings. The fourth-order valence-corrected chi connectivity index (χ4v) is 7.06. The summed E-state index contributed by atoms with van der Waals surface area (Å²) in [7, 11) is 0. The van der Waals surface area contributed by atoms with Crippen LogP contribution in [0, 0.1) is 77.9 Å². The van der Waals surface area contributed by atoms with Crippen molar-refractivity contribution < 1.29 is 2060 Å². The van der Waals surface area contributed by atoms with Gasteiger partial charge in [0.2, 0.25) is 0 Å². The molecule has 0 N–H and O–H groups in total. The summed E-state index contributed by atoms with van der Waals surface area (Å²) in [6.07, 6.45) is 0. The van der Waals surface area contributed by atoms with E-state index in [1.165, 1.54) is 49.4 Å². The first-order valence-electron chi connectivity index (χ1n) is 32.0. The van der Waals surface area contributed by atoms with Gasteiger partial charge in [0.15, 0.2) is 0 Å². The molecule has 11 aromatic rings. The Bertz CT molecular complexity index is 3190. The molecule has 63 radical (unpaired) electrons. The van der Waals surface area contributed by atoms with Crippen LogP contribution >= 0.6 is 0 Å². The van der Waals surface area contributed by atoms with Crippen LogP contribution in [0.5, 0.6) is 0 Å². The first-order chi connectivity index (χ1) is 42.2. The molecule has 149 heavy (non-hydrogen) atoms. The Hall–Kier alpha value is 61.5. The van der Waals surface area contributed by atoms with Crippen LogP contribution in [0.2, 0.25) is 0 Å². The van der Waals surface area contributed by atoms with Crippen molar-refractivity contribution in [2.24, 2.45) is 0 Å². The van der Waals surface area contributed by atoms with Crippen LogP contribution in [0.25, 0.3) is 54.9 Å². The third-order valence-electron chi connectivity index (χ3n) is 10.7. The second-order valence-electron chi connectivity index (χ2n) is 16.4. The smallest absolute Gasteiger partial charge is 0 e. The molecule has 0 amide bonds. The van der Waals surface area contributed by atoms with E-state index in [0.717, 1.165) is 38.9 Å². The summed E-state index contributed by atoms with van der Waals surface area (Å²) >= 11 is 0. The molecule has 0 spiro atoms. The molecular formula is C86H112Y63-6. The van der Waals surface area contributed by atoms with Gasteiger partial charge >= 0.3 is 0 Å². The molecule has 0 aliphatic heterocycles. The van der Waals surface area contributed by atoms with Gasteiger partial charge < -0.3 is 0 Å². The van der Waals surface area contributed by atoms with E-state index in [1.54, 1.807) is 0 Å². The van der Waals surface area contributed by atoms with Gasteiger partial charge in [-0.25, -0.2) is 33.4 Å². The van der Waals surface area contributed by atoms with Gasteiger partial charge in [0.05, 0.1) is 0 Å². The summed E-state index contributed by atoms with van der Waals surface area (Å²) in [6, 6.07) is 102. The molecule has 0 aromatic heterocycles. The van der Waals surface area contributed by atoms with Crippen molar-refractivity contribution in [3.63, 3.8) is 0 Å². The van der Waals surface area contributed by atoms with Crippen LogP contribution in [-0.2, 0) is 2060 Å². The zero-order valence-corrected chi connectivity index (χ0v) is 273. The van der Waals surface area contributed by atoms with Crippen molar-refractivity contribution in [3.05, 3.63) is 312 Å². The average molecular weight is 6750 g/mol. The largest absolute Gasteiger partial charge is 0.226 e. The first kappa shape index (κ1) is 449. The van der Waals surface area contributed by atoms with E-state index in [4.69, 9.17) is 0 Å². The third kappa shape index (κ3) is 290. The van der Waals surface area contributed by atoms with Gasteiger partial charge in [-0.05, 0) is 47.9 Å². The SMILES string of the molecule is CC.CC.CC.CC.CC.CC.CC.CC.CC.Cc1[c-]c(-c2[c-]cccc2)ccc1.Cc1c[c-]c(-c2[c-]cccc2)cc1.Cc1cc[c-]c(-c2[c-]cccc2)c1.Cc1ccc2ccccc2c1.Cc1cccc2ccccc12.Cc1ccccc1.[Y].[Y].[Y].[Y].[Y].[Y].[Y].[Y].[Y].[Y].[Y].[Y].[Y].[Y].[Y].[Y].[Y].[Y].[Y].[Y].[Y].[Y].[Y].[Y].[Y].[Y].[Y].[Y].[Y].[Y].[Y].[Y].[Y].[Y].[Y].[Y].[Y].[Y].[Y].[Y].[Y].[Y].[Y].[Y].[Y].[Y].[Y].[Y].[Y].[Y].[Y].[Y].[Y].[Y].[Y].[Y].[Y].[Y].[Y].[Y].[Y].[Y].[Y]. The fraction of sp³-hybridized carbons (Fsp3) is 0.279. The van der Waals surface area contributed by atoms with Crippen LogP contribution in [0.1, 0.15) is 158 Å². The number of benzene rings is 11. The molecule has 0 aliphatic carbocycles. The van der Waals surface area contributed by atoms with Crippen molar-refractivity contribution in [1.29, 1.82) is 0 Å². The summed E-state index contributed by atoms with van der Waals surface area (Å²) in [4.78, 5) is 0. The maximum Gasteiger partial charge on any atom is 0 e. The van der Waals surface area contributed by atoms with E-state index in [9.17, 15) is 0 Å². The normalized spacial score (nSPS) is 4.89. The van der Waals surface area contributed by atoms with E-state index < -0.39 is 0 Å². The second-order valence-corrected chi connectivity index (χ2v) is 16.4. The first-order valence-corrected chi connectivity index (χ1v) is 32.0. The Morgan fingerprint density at radius 3 is 0.624 bits per heavy atom. The van der Waals surface area contributed by atoms with Crippen LogP contribution in [-0.4, -0.2) is 0 Å². The second kappa shape index (κ2) is 377. The third-order valence-corrected chi connectivity index (χ3v) is 10.7. The van der Waals surface area contributed by atoms with Crippen LogP contribution in [0.3, 0.4) is 0 Å². The summed E-state index contributed by atoms with van der Waals surface area (Å²) < 4.78 is 0. The molecule has 0 saturated heterocycles. The van der Waals surface area contributed by atoms with Gasteiger partial charge in [-0.2, -0.15) is 133 Å². The predicted molar refractivity (Wildman–Crippen MR) is 394 cm³/mol. The molecular weight excluding hydrogens is 6630 g/mol. The molecule has 0 bridgehead atoms. The monoisotopic (exact) mass is 6750 g/mol. The van der Waals surface area contributed by atoms with Gasteiger partial charge in [0.1, 0.15) is 0 Å². The molecule has 0 nitrogen and oxygen atoms in total. The fourth-order valence-electron chi connectivity index (χ4n) is 7.06. The van der Waals surface area contributed by atoms with Crippen molar-refractivity contribution in [3.8, 4) is 33.4 Å². The van der Waals surface area contributed by atoms with Crippen LogP contribution < -0.4 is 0 Å².